The molecule has 3 aromatic rings. The molecule has 4 rings (SSSR count). The second kappa shape index (κ2) is 9.13. The second-order valence-corrected chi connectivity index (χ2v) is 6.98. The SMILES string of the molecule is O=C(CC(c1ccccc1)c1ccccc1)NNC(=O)C1COc2ccccc2O1. The zero-order valence-corrected chi connectivity index (χ0v) is 16.3. The molecule has 1 atom stereocenters. The number of ether oxygens (including phenoxy) is 2. The Morgan fingerprint density at radius 3 is 2.00 bits per heavy atom. The highest BCUT2D eigenvalue weighted by Gasteiger charge is 2.28. The van der Waals surface area contributed by atoms with Crippen molar-refractivity contribution in [3.05, 3.63) is 96.1 Å². The van der Waals surface area contributed by atoms with Crippen LogP contribution in [0.2, 0.25) is 0 Å². The van der Waals surface area contributed by atoms with Crippen LogP contribution in [0.5, 0.6) is 11.5 Å². The summed E-state index contributed by atoms with van der Waals surface area (Å²) in [6.07, 6.45) is -0.640. The molecule has 2 N–H and O–H groups in total. The van der Waals surface area contributed by atoms with Gasteiger partial charge in [-0.2, -0.15) is 0 Å². The van der Waals surface area contributed by atoms with Crippen LogP contribution in [-0.4, -0.2) is 24.5 Å². The number of nitrogens with one attached hydrogen (secondary N) is 2. The van der Waals surface area contributed by atoms with E-state index in [1.165, 1.54) is 0 Å². The van der Waals surface area contributed by atoms with Gasteiger partial charge in [-0.1, -0.05) is 72.8 Å². The van der Waals surface area contributed by atoms with Crippen molar-refractivity contribution in [1.82, 2.24) is 10.9 Å². The number of fused-ring (bicyclic) bond motifs is 1. The summed E-state index contributed by atoms with van der Waals surface area (Å²) in [4.78, 5) is 25.0. The minimum Gasteiger partial charge on any atom is -0.485 e. The van der Waals surface area contributed by atoms with Crippen LogP contribution in [0, 0.1) is 0 Å². The number of benzene rings is 3. The maximum Gasteiger partial charge on any atom is 0.283 e. The Hall–Kier alpha value is -3.80. The molecule has 0 aliphatic carbocycles. The lowest BCUT2D eigenvalue weighted by atomic mass is 9.88. The smallest absolute Gasteiger partial charge is 0.283 e. The number of para-hydroxylation sites is 2. The van der Waals surface area contributed by atoms with Gasteiger partial charge in [0.05, 0.1) is 0 Å². The highest BCUT2D eigenvalue weighted by atomic mass is 16.6. The molecule has 1 aliphatic heterocycles. The zero-order valence-electron chi connectivity index (χ0n) is 16.3. The number of hydrogen-bond donors (Lipinski definition) is 2. The fourth-order valence-corrected chi connectivity index (χ4v) is 3.40. The van der Waals surface area contributed by atoms with Crippen molar-refractivity contribution in [2.45, 2.75) is 18.4 Å². The number of hydrogen-bond acceptors (Lipinski definition) is 4. The van der Waals surface area contributed by atoms with Crippen molar-refractivity contribution in [3.63, 3.8) is 0 Å². The van der Waals surface area contributed by atoms with Crippen molar-refractivity contribution in [2.24, 2.45) is 0 Å². The normalized spacial score (nSPS) is 14.8. The van der Waals surface area contributed by atoms with E-state index in [1.807, 2.05) is 66.7 Å². The van der Waals surface area contributed by atoms with Gasteiger partial charge >= 0.3 is 0 Å². The molecular formula is C24H22N2O4. The number of rotatable bonds is 5. The van der Waals surface area contributed by atoms with E-state index >= 15 is 0 Å². The van der Waals surface area contributed by atoms with Crippen molar-refractivity contribution in [2.75, 3.05) is 6.61 Å². The Balaban J connectivity index is 1.37. The predicted molar refractivity (Wildman–Crippen MR) is 112 cm³/mol. The van der Waals surface area contributed by atoms with E-state index in [2.05, 4.69) is 10.9 Å². The van der Waals surface area contributed by atoms with Crippen molar-refractivity contribution < 1.29 is 19.1 Å². The molecule has 152 valence electrons. The van der Waals surface area contributed by atoms with Crippen LogP contribution in [0.25, 0.3) is 0 Å². The Morgan fingerprint density at radius 2 is 1.37 bits per heavy atom. The lowest BCUT2D eigenvalue weighted by Crippen LogP contribution is -2.51. The Bertz CT molecular complexity index is 968. The van der Waals surface area contributed by atoms with Gasteiger partial charge in [0.15, 0.2) is 11.5 Å². The van der Waals surface area contributed by atoms with E-state index in [1.54, 1.807) is 18.2 Å². The fourth-order valence-electron chi connectivity index (χ4n) is 3.40. The Labute approximate surface area is 174 Å². The quantitative estimate of drug-likeness (QED) is 0.643. The maximum atomic E-state index is 12.6. The molecular weight excluding hydrogens is 380 g/mol. The van der Waals surface area contributed by atoms with Crippen LogP contribution in [-0.2, 0) is 9.59 Å². The highest BCUT2D eigenvalue weighted by molar-refractivity contribution is 5.85. The predicted octanol–water partition coefficient (Wildman–Crippen LogP) is 3.20. The van der Waals surface area contributed by atoms with Gasteiger partial charge in [-0.25, -0.2) is 0 Å². The summed E-state index contributed by atoms with van der Waals surface area (Å²) >= 11 is 0. The van der Waals surface area contributed by atoms with E-state index in [4.69, 9.17) is 9.47 Å². The van der Waals surface area contributed by atoms with Crippen LogP contribution in [0.4, 0.5) is 0 Å². The van der Waals surface area contributed by atoms with Crippen molar-refractivity contribution >= 4 is 11.8 Å². The average molecular weight is 402 g/mol. The van der Waals surface area contributed by atoms with Crippen molar-refractivity contribution in [3.8, 4) is 11.5 Å². The van der Waals surface area contributed by atoms with Crippen molar-refractivity contribution in [1.29, 1.82) is 0 Å². The first-order valence-electron chi connectivity index (χ1n) is 9.78. The lowest BCUT2D eigenvalue weighted by molar-refractivity contribution is -0.135. The van der Waals surface area contributed by atoms with Gasteiger partial charge in [-0.05, 0) is 23.3 Å². The first kappa shape index (κ1) is 19.5. The lowest BCUT2D eigenvalue weighted by Gasteiger charge is -2.25. The van der Waals surface area contributed by atoms with Crippen LogP contribution in [0.3, 0.4) is 0 Å². The number of carbonyl (C=O) groups excluding carboxylic acids is 2. The summed E-state index contributed by atoms with van der Waals surface area (Å²) < 4.78 is 11.2. The van der Waals surface area contributed by atoms with Gasteiger partial charge in [0.1, 0.15) is 6.61 Å². The first-order valence-corrected chi connectivity index (χ1v) is 9.78. The van der Waals surface area contributed by atoms with Gasteiger partial charge in [0.2, 0.25) is 12.0 Å². The van der Waals surface area contributed by atoms with E-state index in [-0.39, 0.29) is 24.9 Å². The standard InChI is InChI=1S/C24H22N2O4/c27-23(15-19(17-9-3-1-4-10-17)18-11-5-2-6-12-18)25-26-24(28)22-16-29-20-13-7-8-14-21(20)30-22/h1-14,19,22H,15-16H2,(H,25,27)(H,26,28). The molecule has 0 saturated heterocycles. The van der Waals surface area contributed by atoms with E-state index in [9.17, 15) is 9.59 Å². The molecule has 6 nitrogen and oxygen atoms in total. The molecule has 3 aromatic carbocycles. The largest absolute Gasteiger partial charge is 0.485 e. The van der Waals surface area contributed by atoms with E-state index < -0.39 is 12.0 Å². The molecule has 2 amide bonds. The minimum atomic E-state index is -0.834. The Morgan fingerprint density at radius 1 is 0.800 bits per heavy atom. The summed E-state index contributed by atoms with van der Waals surface area (Å²) in [7, 11) is 0. The molecule has 0 radical (unpaired) electrons. The summed E-state index contributed by atoms with van der Waals surface area (Å²) in [5.41, 5.74) is 7.01. The maximum absolute atomic E-state index is 12.6. The molecule has 1 heterocycles. The summed E-state index contributed by atoms with van der Waals surface area (Å²) in [5, 5.41) is 0. The molecule has 1 unspecified atom stereocenters. The number of hydrazine groups is 1. The summed E-state index contributed by atoms with van der Waals surface area (Å²) in [6.45, 7) is 0.0787. The monoisotopic (exact) mass is 402 g/mol. The van der Waals surface area contributed by atoms with Crippen LogP contribution < -0.4 is 20.3 Å². The topological polar surface area (TPSA) is 76.7 Å². The van der Waals surface area contributed by atoms with Gasteiger partial charge in [-0.15, -0.1) is 0 Å². The summed E-state index contributed by atoms with van der Waals surface area (Å²) in [6, 6.07) is 26.8. The molecule has 0 saturated carbocycles. The zero-order chi connectivity index (χ0) is 20.8. The van der Waals surface area contributed by atoms with E-state index in [0.717, 1.165) is 11.1 Å². The molecule has 0 bridgehead atoms. The fraction of sp³-hybridized carbons (Fsp3) is 0.167. The highest BCUT2D eigenvalue weighted by Crippen LogP contribution is 2.31. The Kier molecular flexibility index (Phi) is 5.94. The van der Waals surface area contributed by atoms with Crippen LogP contribution >= 0.6 is 0 Å². The third-order valence-corrected chi connectivity index (χ3v) is 4.92. The molecule has 30 heavy (non-hydrogen) atoms. The number of amides is 2. The van der Waals surface area contributed by atoms with Gasteiger partial charge < -0.3 is 9.47 Å². The molecule has 0 spiro atoms. The summed E-state index contributed by atoms with van der Waals surface area (Å²) in [5.74, 6) is 0.222. The van der Waals surface area contributed by atoms with Gasteiger partial charge in [0, 0.05) is 12.3 Å². The molecule has 1 aliphatic rings. The third kappa shape index (κ3) is 4.60. The molecule has 0 fully saturated rings. The second-order valence-electron chi connectivity index (χ2n) is 6.98. The van der Waals surface area contributed by atoms with Gasteiger partial charge in [0.25, 0.3) is 5.91 Å². The minimum absolute atomic E-state index is 0.0787. The van der Waals surface area contributed by atoms with E-state index in [0.29, 0.717) is 11.5 Å². The first-order chi connectivity index (χ1) is 14.7. The van der Waals surface area contributed by atoms with Crippen LogP contribution in [0.1, 0.15) is 23.5 Å². The number of carbonyl (C=O) groups is 2. The van der Waals surface area contributed by atoms with Gasteiger partial charge in [-0.3, -0.25) is 20.4 Å². The van der Waals surface area contributed by atoms with Crippen LogP contribution in [0.15, 0.2) is 84.9 Å². The molecule has 0 aromatic heterocycles. The molecule has 6 heteroatoms. The average Bonchev–Trinajstić information content (AvgIpc) is 2.81. The third-order valence-electron chi connectivity index (χ3n) is 4.92.